The van der Waals surface area contributed by atoms with E-state index < -0.39 is 0 Å². The van der Waals surface area contributed by atoms with Gasteiger partial charge in [0.05, 0.1) is 5.39 Å². The summed E-state index contributed by atoms with van der Waals surface area (Å²) in [7, 11) is 1.83. The van der Waals surface area contributed by atoms with Gasteiger partial charge >= 0.3 is 0 Å². The molecule has 0 aromatic carbocycles. The highest BCUT2D eigenvalue weighted by molar-refractivity contribution is 7.99. The summed E-state index contributed by atoms with van der Waals surface area (Å²) in [6.07, 6.45) is 8.21. The topological polar surface area (TPSA) is 52.2 Å². The van der Waals surface area contributed by atoms with Crippen LogP contribution in [0.5, 0.6) is 0 Å². The maximum atomic E-state index is 13.2. The van der Waals surface area contributed by atoms with Gasteiger partial charge in [0.1, 0.15) is 4.83 Å². The number of hydrogen-bond donors (Lipinski definition) is 0. The van der Waals surface area contributed by atoms with E-state index in [1.165, 1.54) is 36.1 Å². The Morgan fingerprint density at radius 1 is 1.21 bits per heavy atom. The molecule has 4 rings (SSSR count). The number of thioether (sulfide) groups is 1. The molecular formula is C22H32N4OS2. The molecule has 0 spiro atoms. The molecule has 0 radical (unpaired) electrons. The molecule has 7 heteroatoms. The van der Waals surface area contributed by atoms with Crippen LogP contribution in [0.15, 0.2) is 9.95 Å². The predicted octanol–water partition coefficient (Wildman–Crippen LogP) is 5.47. The van der Waals surface area contributed by atoms with E-state index in [2.05, 4.69) is 42.3 Å². The van der Waals surface area contributed by atoms with E-state index in [-0.39, 0.29) is 5.56 Å². The van der Waals surface area contributed by atoms with Crippen LogP contribution in [-0.4, -0.2) is 24.9 Å². The number of thiophene rings is 1. The Kier molecular flexibility index (Phi) is 5.81. The highest BCUT2D eigenvalue weighted by Gasteiger charge is 2.32. The van der Waals surface area contributed by atoms with E-state index in [9.17, 15) is 4.79 Å². The van der Waals surface area contributed by atoms with E-state index in [1.54, 1.807) is 27.7 Å². The summed E-state index contributed by atoms with van der Waals surface area (Å²) in [6, 6.07) is 0. The third kappa shape index (κ3) is 3.76. The monoisotopic (exact) mass is 432 g/mol. The minimum Gasteiger partial charge on any atom is -0.279 e. The van der Waals surface area contributed by atoms with Crippen LogP contribution in [0.2, 0.25) is 0 Å². The number of hydrogen-bond acceptors (Lipinski definition) is 5. The molecule has 1 unspecified atom stereocenters. The average Bonchev–Trinajstić information content (AvgIpc) is 3.26. The van der Waals surface area contributed by atoms with Gasteiger partial charge in [0.2, 0.25) is 5.78 Å². The van der Waals surface area contributed by atoms with E-state index >= 15 is 0 Å². The van der Waals surface area contributed by atoms with Crippen LogP contribution in [0.4, 0.5) is 0 Å². The normalized spacial score (nSPS) is 17.3. The van der Waals surface area contributed by atoms with Gasteiger partial charge in [-0.3, -0.25) is 9.36 Å². The second-order valence-electron chi connectivity index (χ2n) is 9.38. The zero-order chi connectivity index (χ0) is 20.8. The Hall–Kier alpha value is -1.34. The second-order valence-corrected chi connectivity index (χ2v) is 11.5. The Morgan fingerprint density at radius 3 is 2.72 bits per heavy atom. The lowest BCUT2D eigenvalue weighted by atomic mass is 9.72. The fraction of sp³-hybridized carbons (Fsp3) is 0.682. The maximum absolute atomic E-state index is 13.2. The van der Waals surface area contributed by atoms with Crippen molar-refractivity contribution in [3.63, 3.8) is 0 Å². The lowest BCUT2D eigenvalue weighted by molar-refractivity contribution is 0.218. The summed E-state index contributed by atoms with van der Waals surface area (Å²) in [5.74, 6) is 2.36. The van der Waals surface area contributed by atoms with Gasteiger partial charge in [-0.15, -0.1) is 21.5 Å². The first-order valence-corrected chi connectivity index (χ1v) is 12.6. The number of nitrogens with zero attached hydrogens (tertiary/aromatic N) is 4. The van der Waals surface area contributed by atoms with Crippen molar-refractivity contribution in [2.24, 2.45) is 18.4 Å². The van der Waals surface area contributed by atoms with Crippen LogP contribution < -0.4 is 5.56 Å². The van der Waals surface area contributed by atoms with Crippen LogP contribution in [0.25, 0.3) is 16.0 Å². The average molecular weight is 433 g/mol. The number of fused-ring (bicyclic) bond motifs is 5. The first-order valence-electron chi connectivity index (χ1n) is 10.8. The highest BCUT2D eigenvalue weighted by atomic mass is 32.2. The van der Waals surface area contributed by atoms with Crippen molar-refractivity contribution in [2.45, 2.75) is 77.8 Å². The summed E-state index contributed by atoms with van der Waals surface area (Å²) < 4.78 is 3.82. The Morgan fingerprint density at radius 2 is 2.00 bits per heavy atom. The van der Waals surface area contributed by atoms with Crippen molar-refractivity contribution in [3.05, 3.63) is 20.8 Å². The zero-order valence-corrected chi connectivity index (χ0v) is 19.9. The van der Waals surface area contributed by atoms with Crippen molar-refractivity contribution >= 4 is 39.1 Å². The fourth-order valence-electron chi connectivity index (χ4n) is 4.39. The predicted molar refractivity (Wildman–Crippen MR) is 123 cm³/mol. The number of unbranched alkanes of at least 4 members (excludes halogenated alkanes) is 3. The third-order valence-electron chi connectivity index (χ3n) is 6.34. The first kappa shape index (κ1) is 20.9. The standard InChI is InChI=1S/C22H32N4OS2/c1-6-7-8-9-12-28-21-24-23-20-25(5)18(27)17-15-11-10-14(22(2,3)4)13-16(15)29-19(17)26(20)21/h14H,6-13H2,1-5H3. The van der Waals surface area contributed by atoms with Gasteiger partial charge in [-0.2, -0.15) is 0 Å². The van der Waals surface area contributed by atoms with E-state index in [0.717, 1.165) is 40.4 Å². The van der Waals surface area contributed by atoms with Crippen molar-refractivity contribution in [3.8, 4) is 0 Å². The van der Waals surface area contributed by atoms with Gasteiger partial charge in [-0.05, 0) is 42.6 Å². The summed E-state index contributed by atoms with van der Waals surface area (Å²) >= 11 is 3.56. The van der Waals surface area contributed by atoms with Crippen molar-refractivity contribution in [2.75, 3.05) is 5.75 Å². The lowest BCUT2D eigenvalue weighted by Crippen LogP contribution is -2.27. The Bertz CT molecular complexity index is 1090. The van der Waals surface area contributed by atoms with E-state index in [1.807, 2.05) is 7.05 Å². The molecule has 0 amide bonds. The van der Waals surface area contributed by atoms with Crippen molar-refractivity contribution < 1.29 is 0 Å². The summed E-state index contributed by atoms with van der Waals surface area (Å²) in [6.45, 7) is 9.24. The molecule has 0 saturated heterocycles. The molecule has 1 atom stereocenters. The third-order valence-corrected chi connectivity index (χ3v) is 8.59. The van der Waals surface area contributed by atoms with Gasteiger partial charge < -0.3 is 0 Å². The number of aromatic nitrogens is 4. The second kappa shape index (κ2) is 8.06. The quantitative estimate of drug-likeness (QED) is 0.383. The fourth-order valence-corrected chi connectivity index (χ4v) is 6.80. The van der Waals surface area contributed by atoms with E-state index in [0.29, 0.717) is 17.1 Å². The number of rotatable bonds is 6. The smallest absolute Gasteiger partial charge is 0.263 e. The van der Waals surface area contributed by atoms with Gasteiger partial charge in [0, 0.05) is 17.7 Å². The zero-order valence-electron chi connectivity index (χ0n) is 18.2. The summed E-state index contributed by atoms with van der Waals surface area (Å²) in [5.41, 5.74) is 1.65. The van der Waals surface area contributed by atoms with Crippen LogP contribution in [0, 0.1) is 11.3 Å². The van der Waals surface area contributed by atoms with Crippen LogP contribution in [0.3, 0.4) is 0 Å². The lowest BCUT2D eigenvalue weighted by Gasteiger charge is -2.33. The highest BCUT2D eigenvalue weighted by Crippen LogP contribution is 2.43. The minimum absolute atomic E-state index is 0.0751. The van der Waals surface area contributed by atoms with E-state index in [4.69, 9.17) is 0 Å². The minimum atomic E-state index is 0.0751. The Labute approximate surface area is 180 Å². The molecule has 3 heterocycles. The molecule has 0 fully saturated rings. The molecule has 0 aliphatic heterocycles. The largest absolute Gasteiger partial charge is 0.279 e. The van der Waals surface area contributed by atoms with Gasteiger partial charge in [-0.25, -0.2) is 4.40 Å². The molecule has 29 heavy (non-hydrogen) atoms. The first-order chi connectivity index (χ1) is 13.8. The van der Waals surface area contributed by atoms with Crippen molar-refractivity contribution in [1.82, 2.24) is 19.2 Å². The summed E-state index contributed by atoms with van der Waals surface area (Å²) in [5, 5.41) is 10.6. The number of aryl methyl sites for hydroxylation is 2. The van der Waals surface area contributed by atoms with Crippen LogP contribution in [-0.2, 0) is 19.9 Å². The van der Waals surface area contributed by atoms with Crippen LogP contribution >= 0.6 is 23.1 Å². The summed E-state index contributed by atoms with van der Waals surface area (Å²) in [4.78, 5) is 15.6. The molecule has 0 bridgehead atoms. The molecule has 5 nitrogen and oxygen atoms in total. The van der Waals surface area contributed by atoms with Gasteiger partial charge in [0.25, 0.3) is 5.56 Å². The molecular weight excluding hydrogens is 400 g/mol. The molecule has 0 N–H and O–H groups in total. The van der Waals surface area contributed by atoms with Crippen molar-refractivity contribution in [1.29, 1.82) is 0 Å². The molecule has 3 aromatic rings. The molecule has 3 aromatic heterocycles. The van der Waals surface area contributed by atoms with Gasteiger partial charge in [-0.1, -0.05) is 58.7 Å². The SMILES string of the molecule is CCCCCCSc1nnc2n(C)c(=O)c3c4c(sc3n12)CC(C(C)(C)C)CC4. The van der Waals surface area contributed by atoms with Crippen LogP contribution in [0.1, 0.15) is 70.2 Å². The molecule has 1 aliphatic rings. The maximum Gasteiger partial charge on any atom is 0.263 e. The molecule has 158 valence electrons. The Balaban J connectivity index is 1.77. The molecule has 1 aliphatic carbocycles. The van der Waals surface area contributed by atoms with Gasteiger partial charge in [0.15, 0.2) is 5.16 Å². The molecule has 0 saturated carbocycles.